The van der Waals surface area contributed by atoms with Crippen LogP contribution in [-0.2, 0) is 0 Å². The second-order valence-electron chi connectivity index (χ2n) is 4.14. The molecule has 0 unspecified atom stereocenters. The molecular formula is C13H11N4O3S. The Hall–Kier alpha value is -2.61. The maximum atomic E-state index is 11.1. The number of imidazole rings is 1. The van der Waals surface area contributed by atoms with Crippen LogP contribution in [0.4, 0.5) is 0 Å². The summed E-state index contributed by atoms with van der Waals surface area (Å²) in [6.07, 6.45) is 0. The van der Waals surface area contributed by atoms with Gasteiger partial charge in [0.25, 0.3) is 5.91 Å². The first kappa shape index (κ1) is 13.4. The summed E-state index contributed by atoms with van der Waals surface area (Å²) in [5.41, 5.74) is 7.10. The average Bonchev–Trinajstić information content (AvgIpc) is 3.11. The molecule has 0 aliphatic heterocycles. The van der Waals surface area contributed by atoms with Crippen molar-refractivity contribution < 1.29 is 14.3 Å². The predicted molar refractivity (Wildman–Crippen MR) is 77.7 cm³/mol. The molecule has 107 valence electrons. The Morgan fingerprint density at radius 3 is 2.62 bits per heavy atom. The highest BCUT2D eigenvalue weighted by Crippen LogP contribution is 2.32. The van der Waals surface area contributed by atoms with Crippen molar-refractivity contribution in [2.75, 3.05) is 14.2 Å². The molecule has 3 N–H and O–H groups in total. The lowest BCUT2D eigenvalue weighted by Crippen LogP contribution is -2.10. The number of primary amides is 1. The maximum absolute atomic E-state index is 11.1. The van der Waals surface area contributed by atoms with E-state index in [2.05, 4.69) is 20.3 Å². The number of aromatic nitrogens is 3. The number of carbonyl (C=O) groups is 1. The van der Waals surface area contributed by atoms with Gasteiger partial charge in [-0.25, -0.2) is 9.97 Å². The van der Waals surface area contributed by atoms with E-state index in [1.165, 1.54) is 0 Å². The van der Waals surface area contributed by atoms with Crippen LogP contribution in [0.5, 0.6) is 11.5 Å². The van der Waals surface area contributed by atoms with Crippen molar-refractivity contribution in [2.24, 2.45) is 5.73 Å². The van der Waals surface area contributed by atoms with Crippen LogP contribution < -0.4 is 15.2 Å². The van der Waals surface area contributed by atoms with Crippen molar-refractivity contribution >= 4 is 28.3 Å². The van der Waals surface area contributed by atoms with Crippen LogP contribution in [0.2, 0.25) is 0 Å². The monoisotopic (exact) mass is 303 g/mol. The van der Waals surface area contributed by atoms with E-state index < -0.39 is 5.91 Å². The minimum atomic E-state index is -0.582. The Balaban J connectivity index is 2.09. The molecule has 0 saturated carbocycles. The standard InChI is InChI=1S/C13H11N4O3S/c1-19-9-3-6-7(4-10(9)20-2)16-12(15-6)8-5-21-13(17-8)11(14)18/h3-4H,1-2H3,(H2,14,18)(H,15,16). The van der Waals surface area contributed by atoms with Crippen molar-refractivity contribution in [3.05, 3.63) is 22.5 Å². The molecule has 0 saturated heterocycles. The number of thiazole rings is 1. The van der Waals surface area contributed by atoms with Gasteiger partial charge in [0.05, 0.1) is 30.6 Å². The van der Waals surface area contributed by atoms with E-state index >= 15 is 0 Å². The van der Waals surface area contributed by atoms with Crippen LogP contribution in [0.3, 0.4) is 0 Å². The molecule has 0 aliphatic rings. The van der Waals surface area contributed by atoms with Crippen LogP contribution in [-0.4, -0.2) is 35.1 Å². The fourth-order valence-corrected chi connectivity index (χ4v) is 2.47. The molecule has 8 heteroatoms. The third-order valence-electron chi connectivity index (χ3n) is 2.88. The van der Waals surface area contributed by atoms with Gasteiger partial charge in [0, 0.05) is 12.1 Å². The summed E-state index contributed by atoms with van der Waals surface area (Å²) in [7, 11) is 3.12. The van der Waals surface area contributed by atoms with E-state index in [0.29, 0.717) is 28.5 Å². The number of nitrogens with one attached hydrogen (secondary N) is 1. The van der Waals surface area contributed by atoms with Crippen molar-refractivity contribution in [1.82, 2.24) is 15.0 Å². The molecule has 1 amide bonds. The lowest BCUT2D eigenvalue weighted by Gasteiger charge is -2.06. The van der Waals surface area contributed by atoms with Gasteiger partial charge in [-0.2, -0.15) is 0 Å². The lowest BCUT2D eigenvalue weighted by molar-refractivity contribution is 0.1000. The largest absolute Gasteiger partial charge is 0.493 e. The third kappa shape index (κ3) is 2.29. The summed E-state index contributed by atoms with van der Waals surface area (Å²) in [6.45, 7) is 0. The zero-order valence-electron chi connectivity index (χ0n) is 11.3. The molecule has 0 bridgehead atoms. The van der Waals surface area contributed by atoms with Crippen LogP contribution in [0.15, 0.2) is 12.1 Å². The van der Waals surface area contributed by atoms with Gasteiger partial charge < -0.3 is 20.2 Å². The van der Waals surface area contributed by atoms with E-state index in [9.17, 15) is 4.79 Å². The van der Waals surface area contributed by atoms with E-state index in [1.807, 2.05) is 0 Å². The van der Waals surface area contributed by atoms with Crippen molar-refractivity contribution in [1.29, 1.82) is 0 Å². The number of hydrogen-bond donors (Lipinski definition) is 2. The number of H-pyrrole nitrogens is 1. The average molecular weight is 303 g/mol. The summed E-state index contributed by atoms with van der Waals surface area (Å²) in [6, 6.07) is 3.54. The number of amides is 1. The first-order valence-electron chi connectivity index (χ1n) is 5.92. The Kier molecular flexibility index (Phi) is 3.22. The van der Waals surface area contributed by atoms with E-state index in [1.54, 1.807) is 26.4 Å². The van der Waals surface area contributed by atoms with E-state index in [0.717, 1.165) is 16.9 Å². The Bertz CT molecular complexity index is 783. The molecule has 3 rings (SSSR count). The summed E-state index contributed by atoms with van der Waals surface area (Å²) >= 11 is 1.06. The molecule has 2 heterocycles. The Morgan fingerprint density at radius 1 is 1.29 bits per heavy atom. The van der Waals surface area contributed by atoms with E-state index in [4.69, 9.17) is 15.2 Å². The van der Waals surface area contributed by atoms with Crippen molar-refractivity contribution in [3.8, 4) is 23.0 Å². The van der Waals surface area contributed by atoms with Crippen molar-refractivity contribution in [3.63, 3.8) is 0 Å². The van der Waals surface area contributed by atoms with Crippen LogP contribution in [0.25, 0.3) is 22.6 Å². The van der Waals surface area contributed by atoms with E-state index in [-0.39, 0.29) is 5.01 Å². The lowest BCUT2D eigenvalue weighted by atomic mass is 10.3. The highest BCUT2D eigenvalue weighted by Gasteiger charge is 2.14. The molecule has 21 heavy (non-hydrogen) atoms. The molecule has 3 aromatic rings. The van der Waals surface area contributed by atoms with Crippen molar-refractivity contribution in [2.45, 2.75) is 0 Å². The quantitative estimate of drug-likeness (QED) is 0.762. The van der Waals surface area contributed by atoms with Gasteiger partial charge in [0.2, 0.25) is 0 Å². The molecule has 0 atom stereocenters. The third-order valence-corrected chi connectivity index (χ3v) is 3.66. The minimum Gasteiger partial charge on any atom is -0.493 e. The number of hydrogen-bond acceptors (Lipinski definition) is 6. The second-order valence-corrected chi connectivity index (χ2v) is 4.94. The maximum Gasteiger partial charge on any atom is 0.277 e. The first-order valence-corrected chi connectivity index (χ1v) is 6.74. The number of carbonyl (C=O) groups excluding carboxylic acids is 1. The Morgan fingerprint density at radius 2 is 2.00 bits per heavy atom. The summed E-state index contributed by atoms with van der Waals surface area (Å²) in [4.78, 5) is 22.7. The predicted octanol–water partition coefficient (Wildman–Crippen LogP) is 1.60. The first-order chi connectivity index (χ1) is 10.1. The Labute approximate surface area is 123 Å². The zero-order chi connectivity index (χ0) is 15.0. The molecule has 0 aliphatic carbocycles. The summed E-state index contributed by atoms with van der Waals surface area (Å²) in [5, 5.41) is 3.09. The molecular weight excluding hydrogens is 292 g/mol. The van der Waals surface area contributed by atoms with Gasteiger partial charge in [-0.3, -0.25) is 4.79 Å². The number of fused-ring (bicyclic) bond motifs is 1. The van der Waals surface area contributed by atoms with Crippen LogP contribution in [0, 0.1) is 5.38 Å². The van der Waals surface area contributed by atoms with Crippen LogP contribution >= 0.6 is 11.3 Å². The van der Waals surface area contributed by atoms with Gasteiger partial charge >= 0.3 is 0 Å². The molecule has 1 aromatic carbocycles. The molecule has 2 aromatic heterocycles. The smallest absolute Gasteiger partial charge is 0.277 e. The highest BCUT2D eigenvalue weighted by atomic mass is 32.1. The van der Waals surface area contributed by atoms with Gasteiger partial charge in [0.15, 0.2) is 22.3 Å². The van der Waals surface area contributed by atoms with Gasteiger partial charge in [-0.15, -0.1) is 11.3 Å². The number of benzene rings is 1. The minimum absolute atomic E-state index is 0.195. The zero-order valence-corrected chi connectivity index (χ0v) is 12.1. The normalized spacial score (nSPS) is 10.8. The molecule has 0 fully saturated rings. The number of rotatable bonds is 4. The molecule has 7 nitrogen and oxygen atoms in total. The number of nitrogens with two attached hydrogens (primary N) is 1. The SMILES string of the molecule is COc1cc2nc(-c3[c]sc(C(N)=O)n3)[nH]c2cc1OC. The molecule has 1 radical (unpaired) electrons. The fourth-order valence-electron chi connectivity index (χ4n) is 1.90. The number of ether oxygens (including phenoxy) is 2. The molecule has 0 spiro atoms. The highest BCUT2D eigenvalue weighted by molar-refractivity contribution is 7.11. The van der Waals surface area contributed by atoms with Gasteiger partial charge in [-0.1, -0.05) is 0 Å². The summed E-state index contributed by atoms with van der Waals surface area (Å²) < 4.78 is 10.5. The number of aromatic amines is 1. The van der Waals surface area contributed by atoms with Crippen LogP contribution in [0.1, 0.15) is 9.80 Å². The number of methoxy groups -OCH3 is 2. The van der Waals surface area contributed by atoms with Gasteiger partial charge in [-0.05, 0) is 0 Å². The van der Waals surface area contributed by atoms with Gasteiger partial charge in [0.1, 0.15) is 5.69 Å². The fraction of sp³-hybridized carbons (Fsp3) is 0.154. The summed E-state index contributed by atoms with van der Waals surface area (Å²) in [5.74, 6) is 1.11. The number of nitrogens with zero attached hydrogens (tertiary/aromatic N) is 2. The topological polar surface area (TPSA) is 103 Å². The second kappa shape index (κ2) is 5.06.